The van der Waals surface area contributed by atoms with Crippen LogP contribution in [0.25, 0.3) is 0 Å². The Bertz CT molecular complexity index is 1060. The van der Waals surface area contributed by atoms with E-state index in [0.717, 1.165) is 4.47 Å². The number of ether oxygens (including phenoxy) is 3. The maximum atomic E-state index is 12.6. The lowest BCUT2D eigenvalue weighted by Crippen LogP contribution is -2.29. The SMILES string of the molecule is COc1cccc(OCCNC(=O)c2ccccc2OCC(=O)Nc2ccc(Br)cc2)c1. The second kappa shape index (κ2) is 11.8. The van der Waals surface area contributed by atoms with Gasteiger partial charge in [0.2, 0.25) is 0 Å². The van der Waals surface area contributed by atoms with Gasteiger partial charge < -0.3 is 24.8 Å². The predicted octanol–water partition coefficient (Wildman–Crippen LogP) is 4.28. The fourth-order valence-corrected chi connectivity index (χ4v) is 3.04. The Morgan fingerprint density at radius 3 is 2.44 bits per heavy atom. The van der Waals surface area contributed by atoms with Crippen molar-refractivity contribution in [3.05, 3.63) is 82.8 Å². The molecular formula is C24H23BrN2O5. The Kier molecular flexibility index (Phi) is 8.51. The number of benzene rings is 3. The number of halogens is 1. The number of hydrogen-bond donors (Lipinski definition) is 2. The molecule has 0 spiro atoms. The van der Waals surface area contributed by atoms with Gasteiger partial charge in [-0.2, -0.15) is 0 Å². The van der Waals surface area contributed by atoms with Gasteiger partial charge in [-0.15, -0.1) is 0 Å². The number of hydrogen-bond acceptors (Lipinski definition) is 5. The monoisotopic (exact) mass is 498 g/mol. The minimum Gasteiger partial charge on any atom is -0.497 e. The van der Waals surface area contributed by atoms with Crippen LogP contribution >= 0.6 is 15.9 Å². The van der Waals surface area contributed by atoms with E-state index in [1.807, 2.05) is 30.3 Å². The smallest absolute Gasteiger partial charge is 0.262 e. The van der Waals surface area contributed by atoms with Gasteiger partial charge in [-0.1, -0.05) is 34.1 Å². The summed E-state index contributed by atoms with van der Waals surface area (Å²) in [6, 6.07) is 21.2. The van der Waals surface area contributed by atoms with Gasteiger partial charge >= 0.3 is 0 Å². The van der Waals surface area contributed by atoms with Crippen molar-refractivity contribution in [3.63, 3.8) is 0 Å². The summed E-state index contributed by atoms with van der Waals surface area (Å²) < 4.78 is 17.3. The summed E-state index contributed by atoms with van der Waals surface area (Å²) >= 11 is 3.35. The van der Waals surface area contributed by atoms with Crippen LogP contribution in [-0.2, 0) is 4.79 Å². The zero-order valence-electron chi connectivity index (χ0n) is 17.5. The molecule has 8 heteroatoms. The predicted molar refractivity (Wildman–Crippen MR) is 126 cm³/mol. The summed E-state index contributed by atoms with van der Waals surface area (Å²) in [5, 5.41) is 5.53. The second-order valence-electron chi connectivity index (χ2n) is 6.62. The third kappa shape index (κ3) is 7.02. The zero-order chi connectivity index (χ0) is 22.8. The maximum absolute atomic E-state index is 12.6. The van der Waals surface area contributed by atoms with Gasteiger partial charge in [0, 0.05) is 16.2 Å². The normalized spacial score (nSPS) is 10.2. The van der Waals surface area contributed by atoms with Gasteiger partial charge in [-0.05, 0) is 48.5 Å². The second-order valence-corrected chi connectivity index (χ2v) is 7.54. The molecule has 0 unspecified atom stereocenters. The fourth-order valence-electron chi connectivity index (χ4n) is 2.77. The van der Waals surface area contributed by atoms with Crippen molar-refractivity contribution >= 4 is 33.4 Å². The van der Waals surface area contributed by atoms with Crippen molar-refractivity contribution < 1.29 is 23.8 Å². The van der Waals surface area contributed by atoms with E-state index in [2.05, 4.69) is 26.6 Å². The number of carbonyl (C=O) groups is 2. The maximum Gasteiger partial charge on any atom is 0.262 e. The van der Waals surface area contributed by atoms with Crippen molar-refractivity contribution in [3.8, 4) is 17.2 Å². The molecule has 0 fully saturated rings. The van der Waals surface area contributed by atoms with E-state index in [4.69, 9.17) is 14.2 Å². The number of anilines is 1. The highest BCUT2D eigenvalue weighted by Crippen LogP contribution is 2.20. The molecule has 32 heavy (non-hydrogen) atoms. The van der Waals surface area contributed by atoms with Crippen LogP contribution in [0.5, 0.6) is 17.2 Å². The molecule has 2 amide bonds. The molecule has 3 aromatic carbocycles. The molecule has 3 aromatic rings. The van der Waals surface area contributed by atoms with Gasteiger partial charge in [0.1, 0.15) is 23.9 Å². The standard InChI is InChI=1S/C24H23BrN2O5/c1-30-19-5-4-6-20(15-19)31-14-13-26-24(29)21-7-2-3-8-22(21)32-16-23(28)27-18-11-9-17(25)10-12-18/h2-12,15H,13-14,16H2,1H3,(H,26,29)(H,27,28). The molecule has 0 atom stereocenters. The minimum absolute atomic E-state index is 0.223. The summed E-state index contributed by atoms with van der Waals surface area (Å²) in [5.74, 6) is 1.03. The van der Waals surface area contributed by atoms with E-state index < -0.39 is 0 Å². The molecule has 0 saturated heterocycles. The molecule has 0 aliphatic carbocycles. The Hall–Kier alpha value is -3.52. The first kappa shape index (κ1) is 23.1. The minimum atomic E-state index is -0.325. The van der Waals surface area contributed by atoms with Crippen LogP contribution in [0, 0.1) is 0 Å². The van der Waals surface area contributed by atoms with E-state index in [0.29, 0.717) is 35.0 Å². The van der Waals surface area contributed by atoms with Crippen LogP contribution in [-0.4, -0.2) is 38.7 Å². The number of rotatable bonds is 10. The summed E-state index contributed by atoms with van der Waals surface area (Å²) in [7, 11) is 1.59. The first-order chi connectivity index (χ1) is 15.5. The molecule has 0 aromatic heterocycles. The highest BCUT2D eigenvalue weighted by Gasteiger charge is 2.13. The number of amides is 2. The molecule has 0 radical (unpaired) electrons. The molecule has 7 nitrogen and oxygen atoms in total. The lowest BCUT2D eigenvalue weighted by Gasteiger charge is -2.12. The topological polar surface area (TPSA) is 85.9 Å². The number of para-hydroxylation sites is 1. The van der Waals surface area contributed by atoms with E-state index in [1.165, 1.54) is 0 Å². The van der Waals surface area contributed by atoms with E-state index in [1.54, 1.807) is 49.6 Å². The zero-order valence-corrected chi connectivity index (χ0v) is 19.1. The summed E-state index contributed by atoms with van der Waals surface area (Å²) in [4.78, 5) is 24.7. The van der Waals surface area contributed by atoms with Crippen LogP contribution < -0.4 is 24.8 Å². The third-order valence-corrected chi connectivity index (χ3v) is 4.84. The Labute approximate surface area is 194 Å². The van der Waals surface area contributed by atoms with Crippen molar-refractivity contribution in [2.75, 3.05) is 32.2 Å². The van der Waals surface area contributed by atoms with E-state index in [9.17, 15) is 9.59 Å². The molecule has 0 heterocycles. The molecule has 0 bridgehead atoms. The van der Waals surface area contributed by atoms with Gasteiger partial charge in [-0.3, -0.25) is 9.59 Å². The molecule has 0 saturated carbocycles. The molecule has 0 aliphatic heterocycles. The average molecular weight is 499 g/mol. The van der Waals surface area contributed by atoms with Crippen molar-refractivity contribution in [2.45, 2.75) is 0 Å². The van der Waals surface area contributed by atoms with Crippen LogP contribution in [0.2, 0.25) is 0 Å². The van der Waals surface area contributed by atoms with Gasteiger partial charge in [0.25, 0.3) is 11.8 Å². The Morgan fingerprint density at radius 1 is 0.906 bits per heavy atom. The van der Waals surface area contributed by atoms with Crippen molar-refractivity contribution in [1.82, 2.24) is 5.32 Å². The first-order valence-electron chi connectivity index (χ1n) is 9.87. The van der Waals surface area contributed by atoms with Crippen molar-refractivity contribution in [2.24, 2.45) is 0 Å². The van der Waals surface area contributed by atoms with Gasteiger partial charge in [-0.25, -0.2) is 0 Å². The Balaban J connectivity index is 1.48. The van der Waals surface area contributed by atoms with Gasteiger partial charge in [0.05, 0.1) is 19.2 Å². The quantitative estimate of drug-likeness (QED) is 0.407. The van der Waals surface area contributed by atoms with Crippen LogP contribution in [0.3, 0.4) is 0 Å². The van der Waals surface area contributed by atoms with Crippen LogP contribution in [0.4, 0.5) is 5.69 Å². The molecule has 3 rings (SSSR count). The molecule has 166 valence electrons. The first-order valence-corrected chi connectivity index (χ1v) is 10.7. The summed E-state index contributed by atoms with van der Waals surface area (Å²) in [5.41, 5.74) is 0.995. The number of carbonyl (C=O) groups excluding carboxylic acids is 2. The lowest BCUT2D eigenvalue weighted by molar-refractivity contribution is -0.118. The largest absolute Gasteiger partial charge is 0.497 e. The number of nitrogens with one attached hydrogen (secondary N) is 2. The highest BCUT2D eigenvalue weighted by atomic mass is 79.9. The Morgan fingerprint density at radius 2 is 1.66 bits per heavy atom. The lowest BCUT2D eigenvalue weighted by atomic mass is 10.2. The molecule has 0 aliphatic rings. The van der Waals surface area contributed by atoms with E-state index >= 15 is 0 Å². The number of methoxy groups -OCH3 is 1. The van der Waals surface area contributed by atoms with Gasteiger partial charge in [0.15, 0.2) is 6.61 Å². The fraction of sp³-hybridized carbons (Fsp3) is 0.167. The summed E-state index contributed by atoms with van der Waals surface area (Å²) in [6.45, 7) is 0.366. The molecule has 2 N–H and O–H groups in total. The highest BCUT2D eigenvalue weighted by molar-refractivity contribution is 9.10. The average Bonchev–Trinajstić information content (AvgIpc) is 2.82. The van der Waals surface area contributed by atoms with Crippen LogP contribution in [0.1, 0.15) is 10.4 Å². The summed E-state index contributed by atoms with van der Waals surface area (Å²) in [6.07, 6.45) is 0. The van der Waals surface area contributed by atoms with E-state index in [-0.39, 0.29) is 25.0 Å². The molecular weight excluding hydrogens is 476 g/mol. The third-order valence-electron chi connectivity index (χ3n) is 4.32. The van der Waals surface area contributed by atoms with Crippen molar-refractivity contribution in [1.29, 1.82) is 0 Å². The van der Waals surface area contributed by atoms with Crippen LogP contribution in [0.15, 0.2) is 77.3 Å².